The lowest BCUT2D eigenvalue weighted by molar-refractivity contribution is 0.292. The van der Waals surface area contributed by atoms with Gasteiger partial charge in [-0.2, -0.15) is 0 Å². The third-order valence-corrected chi connectivity index (χ3v) is 5.72. The summed E-state index contributed by atoms with van der Waals surface area (Å²) in [4.78, 5) is 30.0. The maximum atomic E-state index is 12.9. The SMILES string of the molecule is O=c1cc(OC2CC2)[nH]c2nc(-c3ccccc3)c(-c3cc(Cl)c4ncccc4c3)nc12. The summed E-state index contributed by atoms with van der Waals surface area (Å²) in [5.74, 6) is 0.422. The summed E-state index contributed by atoms with van der Waals surface area (Å²) in [7, 11) is 0. The molecule has 3 aromatic heterocycles. The molecule has 0 amide bonds. The van der Waals surface area contributed by atoms with Crippen molar-refractivity contribution < 1.29 is 4.74 Å². The Labute approximate surface area is 187 Å². The predicted octanol–water partition coefficient (Wildman–Crippen LogP) is 5.39. The van der Waals surface area contributed by atoms with Crippen LogP contribution in [0.2, 0.25) is 5.02 Å². The molecule has 156 valence electrons. The van der Waals surface area contributed by atoms with E-state index in [0.29, 0.717) is 33.5 Å². The highest BCUT2D eigenvalue weighted by molar-refractivity contribution is 6.35. The van der Waals surface area contributed by atoms with E-state index in [4.69, 9.17) is 26.3 Å². The fraction of sp³-hybridized carbons (Fsp3) is 0.120. The molecular weight excluding hydrogens is 424 g/mol. The van der Waals surface area contributed by atoms with Crippen LogP contribution in [0.15, 0.2) is 71.7 Å². The Balaban J connectivity index is 1.62. The molecule has 7 heteroatoms. The molecule has 6 rings (SSSR count). The topological polar surface area (TPSA) is 80.8 Å². The van der Waals surface area contributed by atoms with Crippen LogP contribution in [0, 0.1) is 0 Å². The summed E-state index contributed by atoms with van der Waals surface area (Å²) >= 11 is 6.54. The van der Waals surface area contributed by atoms with Crippen LogP contribution < -0.4 is 10.2 Å². The van der Waals surface area contributed by atoms with Crippen molar-refractivity contribution in [3.8, 4) is 28.4 Å². The van der Waals surface area contributed by atoms with E-state index in [1.54, 1.807) is 6.20 Å². The maximum Gasteiger partial charge on any atom is 0.213 e. The zero-order valence-electron chi connectivity index (χ0n) is 16.9. The van der Waals surface area contributed by atoms with Gasteiger partial charge in [0.1, 0.15) is 6.10 Å². The zero-order valence-corrected chi connectivity index (χ0v) is 17.6. The molecule has 1 aliphatic carbocycles. The van der Waals surface area contributed by atoms with Gasteiger partial charge in [0.15, 0.2) is 17.0 Å². The molecule has 5 aromatic rings. The number of hydrogen-bond acceptors (Lipinski definition) is 5. The minimum absolute atomic E-state index is 0.164. The highest BCUT2D eigenvalue weighted by Gasteiger charge is 2.24. The summed E-state index contributed by atoms with van der Waals surface area (Å²) in [6, 6.07) is 18.8. The van der Waals surface area contributed by atoms with E-state index in [9.17, 15) is 4.79 Å². The van der Waals surface area contributed by atoms with Gasteiger partial charge in [0.05, 0.1) is 21.9 Å². The zero-order chi connectivity index (χ0) is 21.7. The Morgan fingerprint density at radius 1 is 0.906 bits per heavy atom. The van der Waals surface area contributed by atoms with Crippen LogP contribution in [-0.2, 0) is 0 Å². The molecule has 1 aliphatic rings. The Kier molecular flexibility index (Phi) is 4.40. The van der Waals surface area contributed by atoms with Crippen molar-refractivity contribution >= 4 is 33.7 Å². The molecule has 1 saturated carbocycles. The van der Waals surface area contributed by atoms with Crippen molar-refractivity contribution in [2.24, 2.45) is 0 Å². The van der Waals surface area contributed by atoms with Crippen molar-refractivity contribution in [1.82, 2.24) is 19.9 Å². The molecule has 0 radical (unpaired) electrons. The fourth-order valence-electron chi connectivity index (χ4n) is 3.75. The first kappa shape index (κ1) is 19.0. The summed E-state index contributed by atoms with van der Waals surface area (Å²) < 4.78 is 5.79. The Bertz CT molecular complexity index is 1550. The van der Waals surface area contributed by atoms with Crippen LogP contribution in [-0.4, -0.2) is 26.0 Å². The second-order valence-electron chi connectivity index (χ2n) is 7.83. The van der Waals surface area contributed by atoms with E-state index in [0.717, 1.165) is 29.4 Å². The molecular formula is C25H17ClN4O2. The average Bonchev–Trinajstić information content (AvgIpc) is 3.63. The number of pyridine rings is 2. The molecule has 6 nitrogen and oxygen atoms in total. The monoisotopic (exact) mass is 440 g/mol. The normalized spacial score (nSPS) is 13.5. The number of hydrogen-bond donors (Lipinski definition) is 1. The molecule has 0 bridgehead atoms. The highest BCUT2D eigenvalue weighted by atomic mass is 35.5. The number of H-pyrrole nitrogens is 1. The molecule has 0 unspecified atom stereocenters. The van der Waals surface area contributed by atoms with Crippen molar-refractivity contribution in [3.05, 3.63) is 82.1 Å². The first-order valence-electron chi connectivity index (χ1n) is 10.4. The van der Waals surface area contributed by atoms with Gasteiger partial charge in [0.2, 0.25) is 5.43 Å². The summed E-state index contributed by atoms with van der Waals surface area (Å²) in [6.45, 7) is 0. The van der Waals surface area contributed by atoms with Gasteiger partial charge in [-0.25, -0.2) is 9.97 Å². The maximum absolute atomic E-state index is 12.9. The minimum Gasteiger partial charge on any atom is -0.476 e. The smallest absolute Gasteiger partial charge is 0.213 e. The standard InChI is InChI=1S/C25H17ClN4O2/c26-18-12-16(11-15-7-4-10-27-21(15)18)23-22(14-5-2-1-3-6-14)30-25-24(29-23)19(31)13-20(28-25)32-17-8-9-17/h1-7,10-13,17H,8-9H2,(H,28,30,31). The Hall–Kier alpha value is -3.77. The summed E-state index contributed by atoms with van der Waals surface area (Å²) in [5, 5.41) is 1.40. The van der Waals surface area contributed by atoms with E-state index >= 15 is 0 Å². The van der Waals surface area contributed by atoms with Crippen LogP contribution in [0.25, 0.3) is 44.6 Å². The quantitative estimate of drug-likeness (QED) is 0.405. The second-order valence-corrected chi connectivity index (χ2v) is 8.24. The number of halogens is 1. The van der Waals surface area contributed by atoms with Crippen LogP contribution in [0.3, 0.4) is 0 Å². The Morgan fingerprint density at radius 3 is 2.53 bits per heavy atom. The lowest BCUT2D eigenvalue weighted by Gasteiger charge is -2.12. The molecule has 0 aliphatic heterocycles. The molecule has 2 aromatic carbocycles. The molecule has 1 N–H and O–H groups in total. The van der Waals surface area contributed by atoms with Gasteiger partial charge in [0, 0.05) is 28.8 Å². The van der Waals surface area contributed by atoms with E-state index in [2.05, 4.69) is 9.97 Å². The van der Waals surface area contributed by atoms with Gasteiger partial charge in [-0.15, -0.1) is 0 Å². The number of nitrogens with zero attached hydrogens (tertiary/aromatic N) is 3. The van der Waals surface area contributed by atoms with Gasteiger partial charge in [0.25, 0.3) is 0 Å². The van der Waals surface area contributed by atoms with Crippen LogP contribution in [0.4, 0.5) is 0 Å². The van der Waals surface area contributed by atoms with Gasteiger partial charge >= 0.3 is 0 Å². The molecule has 0 saturated heterocycles. The first-order valence-corrected chi connectivity index (χ1v) is 10.8. The average molecular weight is 441 g/mol. The number of fused-ring (bicyclic) bond motifs is 2. The second kappa shape index (κ2) is 7.43. The minimum atomic E-state index is -0.240. The summed E-state index contributed by atoms with van der Waals surface area (Å²) in [5.41, 5.74) is 4.00. The van der Waals surface area contributed by atoms with Crippen molar-refractivity contribution in [3.63, 3.8) is 0 Å². The van der Waals surface area contributed by atoms with Gasteiger partial charge in [-0.1, -0.05) is 48.0 Å². The van der Waals surface area contributed by atoms with Crippen LogP contribution in [0.1, 0.15) is 12.8 Å². The molecule has 3 heterocycles. The van der Waals surface area contributed by atoms with Crippen molar-refractivity contribution in [2.45, 2.75) is 18.9 Å². The van der Waals surface area contributed by atoms with Crippen LogP contribution >= 0.6 is 11.6 Å². The molecule has 32 heavy (non-hydrogen) atoms. The third-order valence-electron chi connectivity index (χ3n) is 5.43. The Morgan fingerprint density at radius 2 is 1.72 bits per heavy atom. The van der Waals surface area contributed by atoms with Gasteiger partial charge in [-0.05, 0) is 31.0 Å². The highest BCUT2D eigenvalue weighted by Crippen LogP contribution is 2.34. The lowest BCUT2D eigenvalue weighted by Crippen LogP contribution is -2.10. The van der Waals surface area contributed by atoms with Gasteiger partial charge in [-0.3, -0.25) is 9.78 Å². The van der Waals surface area contributed by atoms with E-state index in [-0.39, 0.29) is 17.0 Å². The van der Waals surface area contributed by atoms with Crippen LogP contribution in [0.5, 0.6) is 5.88 Å². The van der Waals surface area contributed by atoms with Gasteiger partial charge < -0.3 is 9.72 Å². The van der Waals surface area contributed by atoms with E-state index in [1.807, 2.05) is 54.6 Å². The first-order chi connectivity index (χ1) is 15.7. The van der Waals surface area contributed by atoms with Crippen molar-refractivity contribution in [2.75, 3.05) is 0 Å². The predicted molar refractivity (Wildman–Crippen MR) is 125 cm³/mol. The lowest BCUT2D eigenvalue weighted by atomic mass is 10.0. The molecule has 0 spiro atoms. The number of rotatable bonds is 4. The molecule has 1 fully saturated rings. The molecule has 0 atom stereocenters. The number of ether oxygens (including phenoxy) is 1. The largest absolute Gasteiger partial charge is 0.476 e. The number of benzene rings is 2. The van der Waals surface area contributed by atoms with Crippen molar-refractivity contribution in [1.29, 1.82) is 0 Å². The fourth-order valence-corrected chi connectivity index (χ4v) is 4.02. The van der Waals surface area contributed by atoms with E-state index in [1.165, 1.54) is 6.07 Å². The number of aromatic amines is 1. The van der Waals surface area contributed by atoms with E-state index < -0.39 is 0 Å². The summed E-state index contributed by atoms with van der Waals surface area (Å²) in [6.07, 6.45) is 3.87. The number of nitrogens with one attached hydrogen (secondary N) is 1. The number of aromatic nitrogens is 4. The third kappa shape index (κ3) is 3.39.